The maximum atomic E-state index is 13.5. The molecule has 0 aliphatic heterocycles. The molecule has 0 saturated carbocycles. The van der Waals surface area contributed by atoms with Crippen molar-refractivity contribution in [3.8, 4) is 0 Å². The zero-order chi connectivity index (χ0) is 15.8. The number of anilines is 1. The topological polar surface area (TPSA) is 46.2 Å². The van der Waals surface area contributed by atoms with Crippen molar-refractivity contribution < 1.29 is 22.7 Å². The molecule has 0 heterocycles. The van der Waals surface area contributed by atoms with Crippen LogP contribution in [0.1, 0.15) is 28.4 Å². The molecule has 112 valence electrons. The Balaban J connectivity index is 2.47. The highest BCUT2D eigenvalue weighted by molar-refractivity contribution is 5.52. The molecule has 0 bridgehead atoms. The summed E-state index contributed by atoms with van der Waals surface area (Å²) in [6.45, 7) is 1.55. The van der Waals surface area contributed by atoms with Gasteiger partial charge < -0.3 is 10.8 Å². The second kappa shape index (κ2) is 5.37. The molecule has 0 amide bonds. The van der Waals surface area contributed by atoms with E-state index >= 15 is 0 Å². The molecule has 21 heavy (non-hydrogen) atoms. The molecule has 2 nitrogen and oxygen atoms in total. The highest BCUT2D eigenvalue weighted by Crippen LogP contribution is 2.35. The van der Waals surface area contributed by atoms with Gasteiger partial charge in [-0.1, -0.05) is 12.1 Å². The lowest BCUT2D eigenvalue weighted by Crippen LogP contribution is -2.10. The second-order valence-electron chi connectivity index (χ2n) is 4.75. The largest absolute Gasteiger partial charge is 0.416 e. The molecule has 0 spiro atoms. The summed E-state index contributed by atoms with van der Waals surface area (Å²) in [5.74, 6) is -0.544. The van der Waals surface area contributed by atoms with Crippen LogP contribution in [0, 0.1) is 12.7 Å². The minimum absolute atomic E-state index is 0.0106. The molecule has 0 aromatic heterocycles. The molecule has 0 fully saturated rings. The summed E-state index contributed by atoms with van der Waals surface area (Å²) in [7, 11) is 0. The molecule has 0 saturated heterocycles. The van der Waals surface area contributed by atoms with Crippen molar-refractivity contribution in [3.63, 3.8) is 0 Å². The van der Waals surface area contributed by atoms with Crippen LogP contribution in [0.2, 0.25) is 0 Å². The Bertz CT molecular complexity index is 667. The van der Waals surface area contributed by atoms with Gasteiger partial charge in [-0.3, -0.25) is 0 Å². The molecule has 1 atom stereocenters. The van der Waals surface area contributed by atoms with E-state index in [0.29, 0.717) is 5.56 Å². The summed E-state index contributed by atoms with van der Waals surface area (Å²) in [4.78, 5) is 0. The van der Waals surface area contributed by atoms with Gasteiger partial charge in [0, 0.05) is 11.3 Å². The number of halogens is 4. The van der Waals surface area contributed by atoms with Crippen LogP contribution in [0.25, 0.3) is 0 Å². The SMILES string of the molecule is Cc1ccc(C(O)c2cc(C(F)(F)F)ccc2N)cc1F. The summed E-state index contributed by atoms with van der Waals surface area (Å²) >= 11 is 0. The molecule has 2 rings (SSSR count). The van der Waals surface area contributed by atoms with E-state index in [1.165, 1.54) is 12.1 Å². The van der Waals surface area contributed by atoms with Crippen molar-refractivity contribution in [2.24, 2.45) is 0 Å². The Labute approximate surface area is 118 Å². The predicted molar refractivity (Wildman–Crippen MR) is 71.1 cm³/mol. The minimum atomic E-state index is -4.54. The Morgan fingerprint density at radius 3 is 2.33 bits per heavy atom. The van der Waals surface area contributed by atoms with Gasteiger partial charge in [0.25, 0.3) is 0 Å². The van der Waals surface area contributed by atoms with Gasteiger partial charge in [0.2, 0.25) is 0 Å². The fourth-order valence-electron chi connectivity index (χ4n) is 1.95. The van der Waals surface area contributed by atoms with Crippen LogP contribution in [-0.2, 0) is 6.18 Å². The molecule has 0 radical (unpaired) electrons. The molecule has 3 N–H and O–H groups in total. The van der Waals surface area contributed by atoms with Crippen molar-refractivity contribution >= 4 is 5.69 Å². The van der Waals surface area contributed by atoms with Gasteiger partial charge in [-0.05, 0) is 42.3 Å². The smallest absolute Gasteiger partial charge is 0.398 e. The zero-order valence-electron chi connectivity index (χ0n) is 11.1. The molecule has 0 aliphatic rings. The van der Waals surface area contributed by atoms with E-state index < -0.39 is 23.7 Å². The fourth-order valence-corrected chi connectivity index (χ4v) is 1.95. The third kappa shape index (κ3) is 3.16. The number of aliphatic hydroxyl groups is 1. The summed E-state index contributed by atoms with van der Waals surface area (Å²) in [6, 6.07) is 6.66. The van der Waals surface area contributed by atoms with Gasteiger partial charge in [0.15, 0.2) is 0 Å². The van der Waals surface area contributed by atoms with E-state index in [-0.39, 0.29) is 16.8 Å². The standard InChI is InChI=1S/C15H13F4NO/c1-8-2-3-9(6-12(8)16)14(21)11-7-10(15(17,18)19)4-5-13(11)20/h2-7,14,21H,20H2,1H3. The van der Waals surface area contributed by atoms with Crippen molar-refractivity contribution in [1.29, 1.82) is 0 Å². The monoisotopic (exact) mass is 299 g/mol. The predicted octanol–water partition coefficient (Wildman–Crippen LogP) is 3.82. The van der Waals surface area contributed by atoms with Crippen molar-refractivity contribution in [2.45, 2.75) is 19.2 Å². The maximum Gasteiger partial charge on any atom is 0.416 e. The first-order valence-electron chi connectivity index (χ1n) is 6.11. The number of hydrogen-bond donors (Lipinski definition) is 2. The van der Waals surface area contributed by atoms with E-state index in [2.05, 4.69) is 0 Å². The number of nitrogen functional groups attached to an aromatic ring is 1. The maximum absolute atomic E-state index is 13.5. The average Bonchev–Trinajstić information content (AvgIpc) is 2.40. The lowest BCUT2D eigenvalue weighted by atomic mass is 9.97. The summed E-state index contributed by atoms with van der Waals surface area (Å²) in [6.07, 6.45) is -5.97. The number of nitrogens with two attached hydrogens (primary N) is 1. The highest BCUT2D eigenvalue weighted by atomic mass is 19.4. The van der Waals surface area contributed by atoms with Crippen molar-refractivity contribution in [2.75, 3.05) is 5.73 Å². The zero-order valence-corrected chi connectivity index (χ0v) is 11.1. The Hall–Kier alpha value is -2.08. The van der Waals surface area contributed by atoms with E-state index in [4.69, 9.17) is 5.73 Å². The van der Waals surface area contributed by atoms with E-state index in [9.17, 15) is 22.7 Å². The van der Waals surface area contributed by atoms with Gasteiger partial charge in [0.05, 0.1) is 5.56 Å². The summed E-state index contributed by atoms with van der Waals surface area (Å²) in [5, 5.41) is 10.2. The number of benzene rings is 2. The lowest BCUT2D eigenvalue weighted by molar-refractivity contribution is -0.137. The number of aliphatic hydroxyl groups excluding tert-OH is 1. The molecule has 2 aromatic carbocycles. The summed E-state index contributed by atoms with van der Waals surface area (Å²) < 4.78 is 51.6. The van der Waals surface area contributed by atoms with Gasteiger partial charge in [-0.15, -0.1) is 0 Å². The first-order valence-corrected chi connectivity index (χ1v) is 6.11. The molecular formula is C15H13F4NO. The second-order valence-corrected chi connectivity index (χ2v) is 4.75. The molecule has 1 unspecified atom stereocenters. The van der Waals surface area contributed by atoms with E-state index in [0.717, 1.165) is 24.3 Å². The summed E-state index contributed by atoms with van der Waals surface area (Å²) in [5.41, 5.74) is 5.13. The van der Waals surface area contributed by atoms with Crippen LogP contribution in [-0.4, -0.2) is 5.11 Å². The van der Waals surface area contributed by atoms with Crippen LogP contribution in [0.3, 0.4) is 0 Å². The fraction of sp³-hybridized carbons (Fsp3) is 0.200. The minimum Gasteiger partial charge on any atom is -0.398 e. The third-order valence-corrected chi connectivity index (χ3v) is 3.22. The van der Waals surface area contributed by atoms with Crippen LogP contribution in [0.15, 0.2) is 36.4 Å². The normalized spacial score (nSPS) is 13.2. The number of hydrogen-bond acceptors (Lipinski definition) is 2. The molecular weight excluding hydrogens is 286 g/mol. The van der Waals surface area contributed by atoms with Gasteiger partial charge >= 0.3 is 6.18 Å². The first kappa shape index (κ1) is 15.3. The Morgan fingerprint density at radius 2 is 1.76 bits per heavy atom. The molecule has 6 heteroatoms. The molecule has 0 aliphatic carbocycles. The van der Waals surface area contributed by atoms with Gasteiger partial charge in [0.1, 0.15) is 11.9 Å². The third-order valence-electron chi connectivity index (χ3n) is 3.22. The van der Waals surface area contributed by atoms with Crippen molar-refractivity contribution in [1.82, 2.24) is 0 Å². The quantitative estimate of drug-likeness (QED) is 0.654. The van der Waals surface area contributed by atoms with Crippen molar-refractivity contribution in [3.05, 3.63) is 64.5 Å². The Kier molecular flexibility index (Phi) is 3.91. The van der Waals surface area contributed by atoms with Crippen LogP contribution in [0.5, 0.6) is 0 Å². The van der Waals surface area contributed by atoms with Crippen LogP contribution < -0.4 is 5.73 Å². The van der Waals surface area contributed by atoms with Crippen LogP contribution >= 0.6 is 0 Å². The van der Waals surface area contributed by atoms with E-state index in [1.54, 1.807) is 6.92 Å². The van der Waals surface area contributed by atoms with E-state index in [1.807, 2.05) is 0 Å². The first-order chi connectivity index (χ1) is 9.70. The van der Waals surface area contributed by atoms with Gasteiger partial charge in [-0.25, -0.2) is 4.39 Å². The van der Waals surface area contributed by atoms with Crippen LogP contribution in [0.4, 0.5) is 23.2 Å². The number of aryl methyl sites for hydroxylation is 1. The lowest BCUT2D eigenvalue weighted by Gasteiger charge is -2.17. The number of alkyl halides is 3. The average molecular weight is 299 g/mol. The highest BCUT2D eigenvalue weighted by Gasteiger charge is 2.31. The number of rotatable bonds is 2. The Morgan fingerprint density at radius 1 is 1.10 bits per heavy atom. The molecule has 2 aromatic rings. The van der Waals surface area contributed by atoms with Gasteiger partial charge in [-0.2, -0.15) is 13.2 Å².